The van der Waals surface area contributed by atoms with Crippen molar-refractivity contribution in [3.8, 4) is 44.5 Å². The lowest BCUT2D eigenvalue weighted by Crippen LogP contribution is -2.12. The molecule has 11 rings (SSSR count). The normalized spacial score (nSPS) is 11.4. The molecule has 0 saturated heterocycles. The molecule has 0 atom stereocenters. The van der Waals surface area contributed by atoms with Crippen LogP contribution in [-0.2, 0) is 0 Å². The molecule has 2 nitrogen and oxygen atoms in total. The fourth-order valence-electron chi connectivity index (χ4n) is 8.68. The van der Waals surface area contributed by atoms with Gasteiger partial charge in [0.25, 0.3) is 0 Å². The van der Waals surface area contributed by atoms with Crippen LogP contribution in [0.25, 0.3) is 88.0 Å². The molecular formula is C56H37NO. The number of hydrogen-bond acceptors (Lipinski definition) is 2. The molecule has 0 bridgehead atoms. The van der Waals surface area contributed by atoms with Gasteiger partial charge in [0, 0.05) is 22.2 Å². The summed E-state index contributed by atoms with van der Waals surface area (Å²) < 4.78 is 6.91. The van der Waals surface area contributed by atoms with Crippen LogP contribution in [0.1, 0.15) is 0 Å². The number of para-hydroxylation sites is 2. The highest BCUT2D eigenvalue weighted by Crippen LogP contribution is 2.49. The summed E-state index contributed by atoms with van der Waals surface area (Å²) in [5, 5.41) is 7.00. The van der Waals surface area contributed by atoms with E-state index in [0.29, 0.717) is 0 Å². The minimum absolute atomic E-state index is 0.862. The summed E-state index contributed by atoms with van der Waals surface area (Å²) in [6, 6.07) is 80.7. The Morgan fingerprint density at radius 1 is 0.310 bits per heavy atom. The van der Waals surface area contributed by atoms with Crippen molar-refractivity contribution in [2.75, 3.05) is 4.90 Å². The zero-order valence-corrected chi connectivity index (χ0v) is 31.7. The van der Waals surface area contributed by atoms with Crippen LogP contribution in [0.5, 0.6) is 0 Å². The Balaban J connectivity index is 1.18. The molecule has 1 aromatic heterocycles. The monoisotopic (exact) mass is 739 g/mol. The van der Waals surface area contributed by atoms with Gasteiger partial charge in [-0.1, -0.05) is 176 Å². The average molecular weight is 740 g/mol. The van der Waals surface area contributed by atoms with E-state index in [2.05, 4.69) is 229 Å². The van der Waals surface area contributed by atoms with E-state index < -0.39 is 0 Å². The average Bonchev–Trinajstić information content (AvgIpc) is 3.70. The van der Waals surface area contributed by atoms with Gasteiger partial charge in [-0.25, -0.2) is 0 Å². The van der Waals surface area contributed by atoms with E-state index in [0.717, 1.165) is 66.8 Å². The molecule has 272 valence electrons. The summed E-state index contributed by atoms with van der Waals surface area (Å²) in [6.07, 6.45) is 0. The van der Waals surface area contributed by atoms with Crippen LogP contribution in [0.15, 0.2) is 229 Å². The van der Waals surface area contributed by atoms with E-state index in [-0.39, 0.29) is 0 Å². The minimum Gasteiger partial charge on any atom is -0.455 e. The van der Waals surface area contributed by atoms with Gasteiger partial charge < -0.3 is 9.32 Å². The van der Waals surface area contributed by atoms with E-state index in [4.69, 9.17) is 4.42 Å². The fraction of sp³-hybridized carbons (Fsp3) is 0. The predicted octanol–water partition coefficient (Wildman–Crippen LogP) is 16.0. The highest BCUT2D eigenvalue weighted by molar-refractivity contribution is 6.18. The predicted molar refractivity (Wildman–Crippen MR) is 245 cm³/mol. The number of rotatable bonds is 7. The molecule has 0 aliphatic carbocycles. The van der Waals surface area contributed by atoms with Crippen LogP contribution in [0.3, 0.4) is 0 Å². The molecule has 0 unspecified atom stereocenters. The Morgan fingerprint density at radius 2 is 0.931 bits per heavy atom. The number of nitrogens with zero attached hydrogens (tertiary/aromatic N) is 1. The first kappa shape index (κ1) is 33.6. The summed E-state index contributed by atoms with van der Waals surface area (Å²) >= 11 is 0. The summed E-state index contributed by atoms with van der Waals surface area (Å²) in [6.45, 7) is 0. The molecule has 0 amide bonds. The molecular weight excluding hydrogens is 703 g/mol. The standard InChI is InChI=1S/C56H37NO/c1-2-15-38(16-3-1)42-21-12-22-43(35-42)44-23-13-24-46(37-44)57(52-29-10-8-26-50(52)49-28-14-20-40-18-6-7-25-47(40)49)53-34-33-48(45-32-31-39-17-4-5-19-41(39)36-45)56-55(53)51-27-9-11-30-54(51)58-56/h1-37H. The van der Waals surface area contributed by atoms with Crippen LogP contribution in [0.2, 0.25) is 0 Å². The van der Waals surface area contributed by atoms with Crippen molar-refractivity contribution >= 4 is 60.5 Å². The van der Waals surface area contributed by atoms with Gasteiger partial charge in [-0.05, 0) is 103 Å². The zero-order chi connectivity index (χ0) is 38.4. The van der Waals surface area contributed by atoms with Crippen molar-refractivity contribution in [1.82, 2.24) is 0 Å². The second-order valence-corrected chi connectivity index (χ2v) is 14.9. The van der Waals surface area contributed by atoms with Gasteiger partial charge in [0.15, 0.2) is 0 Å². The summed E-state index contributed by atoms with van der Waals surface area (Å²) in [4.78, 5) is 2.44. The second-order valence-electron chi connectivity index (χ2n) is 14.9. The zero-order valence-electron chi connectivity index (χ0n) is 31.7. The Labute approximate surface area is 337 Å². The fourth-order valence-corrected chi connectivity index (χ4v) is 8.68. The van der Waals surface area contributed by atoms with Gasteiger partial charge in [0.1, 0.15) is 11.2 Å². The van der Waals surface area contributed by atoms with E-state index in [9.17, 15) is 0 Å². The van der Waals surface area contributed by atoms with Crippen molar-refractivity contribution in [2.45, 2.75) is 0 Å². The van der Waals surface area contributed by atoms with E-state index >= 15 is 0 Å². The second kappa shape index (κ2) is 14.1. The van der Waals surface area contributed by atoms with E-state index in [1.807, 2.05) is 0 Å². The van der Waals surface area contributed by atoms with Gasteiger partial charge >= 0.3 is 0 Å². The maximum absolute atomic E-state index is 6.91. The molecule has 0 aliphatic heterocycles. The number of benzene rings is 10. The molecule has 10 aromatic carbocycles. The number of fused-ring (bicyclic) bond motifs is 5. The Hall–Kier alpha value is -7.68. The molecule has 0 spiro atoms. The Morgan fingerprint density at radius 3 is 1.81 bits per heavy atom. The third-order valence-electron chi connectivity index (χ3n) is 11.4. The third-order valence-corrected chi connectivity index (χ3v) is 11.4. The summed E-state index contributed by atoms with van der Waals surface area (Å²) in [5.41, 5.74) is 14.1. The maximum Gasteiger partial charge on any atom is 0.145 e. The quantitative estimate of drug-likeness (QED) is 0.162. The molecule has 11 aromatic rings. The topological polar surface area (TPSA) is 16.4 Å². The number of anilines is 3. The van der Waals surface area contributed by atoms with Gasteiger partial charge in [0.2, 0.25) is 0 Å². The largest absolute Gasteiger partial charge is 0.455 e. The molecule has 1 heterocycles. The maximum atomic E-state index is 6.91. The highest BCUT2D eigenvalue weighted by Gasteiger charge is 2.25. The first-order valence-electron chi connectivity index (χ1n) is 19.8. The molecule has 0 N–H and O–H groups in total. The van der Waals surface area contributed by atoms with Gasteiger partial charge in [-0.2, -0.15) is 0 Å². The first-order chi connectivity index (χ1) is 28.8. The van der Waals surface area contributed by atoms with Crippen molar-refractivity contribution in [2.24, 2.45) is 0 Å². The summed E-state index contributed by atoms with van der Waals surface area (Å²) in [5.74, 6) is 0. The first-order valence-corrected chi connectivity index (χ1v) is 19.8. The molecule has 0 saturated carbocycles. The third kappa shape index (κ3) is 5.82. The van der Waals surface area contributed by atoms with Crippen molar-refractivity contribution in [3.63, 3.8) is 0 Å². The van der Waals surface area contributed by atoms with Gasteiger partial charge in [-0.15, -0.1) is 0 Å². The van der Waals surface area contributed by atoms with Crippen LogP contribution in [0, 0.1) is 0 Å². The number of furan rings is 1. The molecule has 0 radical (unpaired) electrons. The Bertz CT molecular complexity index is 3300. The van der Waals surface area contributed by atoms with Crippen LogP contribution >= 0.6 is 0 Å². The minimum atomic E-state index is 0.862. The van der Waals surface area contributed by atoms with Crippen molar-refractivity contribution in [3.05, 3.63) is 224 Å². The van der Waals surface area contributed by atoms with E-state index in [1.165, 1.54) is 38.2 Å². The molecule has 0 fully saturated rings. The molecule has 0 aliphatic rings. The van der Waals surface area contributed by atoms with Crippen molar-refractivity contribution < 1.29 is 4.42 Å². The van der Waals surface area contributed by atoms with Crippen LogP contribution < -0.4 is 4.90 Å². The van der Waals surface area contributed by atoms with Crippen molar-refractivity contribution in [1.29, 1.82) is 0 Å². The van der Waals surface area contributed by atoms with Gasteiger partial charge in [-0.3, -0.25) is 0 Å². The SMILES string of the molecule is c1ccc(-c2cccc(-c3cccc(N(c4ccccc4-c4cccc5ccccc45)c4ccc(-c5ccc6ccccc6c5)c5oc6ccccc6c45)c3)c2)cc1. The lowest BCUT2D eigenvalue weighted by molar-refractivity contribution is 0.670. The highest BCUT2D eigenvalue weighted by atomic mass is 16.3. The molecule has 58 heavy (non-hydrogen) atoms. The van der Waals surface area contributed by atoms with E-state index in [1.54, 1.807) is 0 Å². The smallest absolute Gasteiger partial charge is 0.145 e. The number of hydrogen-bond donors (Lipinski definition) is 0. The lowest BCUT2D eigenvalue weighted by Gasteiger charge is -2.29. The lowest BCUT2D eigenvalue weighted by atomic mass is 9.94. The van der Waals surface area contributed by atoms with Crippen LogP contribution in [-0.4, -0.2) is 0 Å². The van der Waals surface area contributed by atoms with Crippen LogP contribution in [0.4, 0.5) is 17.1 Å². The Kier molecular flexibility index (Phi) is 8.19. The van der Waals surface area contributed by atoms with Gasteiger partial charge in [0.05, 0.1) is 16.8 Å². The molecule has 2 heteroatoms. The summed E-state index contributed by atoms with van der Waals surface area (Å²) in [7, 11) is 0.